The van der Waals surface area contributed by atoms with Gasteiger partial charge in [-0.05, 0) is 35.9 Å². The number of nitrogens with one attached hydrogen (secondary N) is 1. The van der Waals surface area contributed by atoms with Crippen molar-refractivity contribution in [3.05, 3.63) is 59.4 Å². The van der Waals surface area contributed by atoms with Gasteiger partial charge in [0.15, 0.2) is 11.6 Å². The second-order valence-electron chi connectivity index (χ2n) is 4.13. The molecule has 0 atom stereocenters. The number of carbonyl (C=O) groups excluding carboxylic acids is 1. The predicted molar refractivity (Wildman–Crippen MR) is 76.9 cm³/mol. The van der Waals surface area contributed by atoms with Gasteiger partial charge in [-0.15, -0.1) is 11.6 Å². The third-order valence-corrected chi connectivity index (χ3v) is 3.09. The van der Waals surface area contributed by atoms with Crippen LogP contribution in [0.1, 0.15) is 15.9 Å². The monoisotopic (exact) mass is 293 g/mol. The summed E-state index contributed by atoms with van der Waals surface area (Å²) in [4.78, 5) is 12.0. The fraction of sp³-hybridized carbons (Fsp3) is 0.133. The molecule has 1 amide bonds. The van der Waals surface area contributed by atoms with Crippen molar-refractivity contribution in [2.24, 2.45) is 0 Å². The SMILES string of the molecule is COc1cc(C(=O)Nc2ccc(CCl)cc2)ccc1F. The van der Waals surface area contributed by atoms with Crippen LogP contribution in [0.15, 0.2) is 42.5 Å². The molecular formula is C15H13ClFNO2. The average Bonchev–Trinajstić information content (AvgIpc) is 2.48. The smallest absolute Gasteiger partial charge is 0.255 e. The third-order valence-electron chi connectivity index (χ3n) is 2.78. The molecule has 2 aromatic rings. The quantitative estimate of drug-likeness (QED) is 0.870. The average molecular weight is 294 g/mol. The van der Waals surface area contributed by atoms with E-state index in [9.17, 15) is 9.18 Å². The number of halogens is 2. The highest BCUT2D eigenvalue weighted by Gasteiger charge is 2.10. The van der Waals surface area contributed by atoms with Crippen molar-refractivity contribution in [2.75, 3.05) is 12.4 Å². The molecule has 0 bridgehead atoms. The second kappa shape index (κ2) is 6.39. The van der Waals surface area contributed by atoms with E-state index in [-0.39, 0.29) is 11.7 Å². The lowest BCUT2D eigenvalue weighted by Gasteiger charge is -2.08. The summed E-state index contributed by atoms with van der Waals surface area (Å²) in [6.45, 7) is 0. The molecule has 0 aliphatic heterocycles. The first-order valence-electron chi connectivity index (χ1n) is 5.94. The van der Waals surface area contributed by atoms with Crippen molar-refractivity contribution >= 4 is 23.2 Å². The molecule has 0 saturated heterocycles. The summed E-state index contributed by atoms with van der Waals surface area (Å²) >= 11 is 5.69. The van der Waals surface area contributed by atoms with Gasteiger partial charge in [0.25, 0.3) is 5.91 Å². The highest BCUT2D eigenvalue weighted by Crippen LogP contribution is 2.19. The normalized spacial score (nSPS) is 10.2. The first-order chi connectivity index (χ1) is 9.63. The Bertz CT molecular complexity index is 614. The van der Waals surface area contributed by atoms with Crippen LogP contribution in [0.4, 0.5) is 10.1 Å². The van der Waals surface area contributed by atoms with Crippen molar-refractivity contribution in [1.29, 1.82) is 0 Å². The molecule has 0 fully saturated rings. The minimum atomic E-state index is -0.504. The molecule has 0 radical (unpaired) electrons. The Kier molecular flexibility index (Phi) is 4.58. The number of alkyl halides is 1. The minimum Gasteiger partial charge on any atom is -0.494 e. The van der Waals surface area contributed by atoms with Crippen molar-refractivity contribution in [2.45, 2.75) is 5.88 Å². The molecule has 5 heteroatoms. The number of anilines is 1. The summed E-state index contributed by atoms with van der Waals surface area (Å²) in [5.74, 6) is -0.379. The Balaban J connectivity index is 2.14. The molecular weight excluding hydrogens is 281 g/mol. The summed E-state index contributed by atoms with van der Waals surface area (Å²) in [5.41, 5.74) is 1.94. The lowest BCUT2D eigenvalue weighted by atomic mass is 10.1. The molecule has 0 heterocycles. The van der Waals surface area contributed by atoms with Gasteiger partial charge in [-0.3, -0.25) is 4.79 Å². The van der Waals surface area contributed by atoms with Crippen LogP contribution < -0.4 is 10.1 Å². The maximum absolute atomic E-state index is 13.3. The third kappa shape index (κ3) is 3.27. The van der Waals surface area contributed by atoms with E-state index < -0.39 is 5.82 Å². The fourth-order valence-electron chi connectivity index (χ4n) is 1.68. The van der Waals surface area contributed by atoms with Crippen LogP contribution >= 0.6 is 11.6 Å². The van der Waals surface area contributed by atoms with Gasteiger partial charge in [-0.25, -0.2) is 4.39 Å². The van der Waals surface area contributed by atoms with E-state index in [2.05, 4.69) is 5.32 Å². The number of benzene rings is 2. The number of methoxy groups -OCH3 is 1. The highest BCUT2D eigenvalue weighted by atomic mass is 35.5. The lowest BCUT2D eigenvalue weighted by Crippen LogP contribution is -2.12. The number of hydrogen-bond acceptors (Lipinski definition) is 2. The molecule has 2 rings (SSSR count). The number of hydrogen-bond donors (Lipinski definition) is 1. The van der Waals surface area contributed by atoms with E-state index >= 15 is 0 Å². The molecule has 0 saturated carbocycles. The molecule has 20 heavy (non-hydrogen) atoms. The Labute approximate surface area is 121 Å². The predicted octanol–water partition coefficient (Wildman–Crippen LogP) is 3.83. The molecule has 104 valence electrons. The minimum absolute atomic E-state index is 0.0372. The zero-order valence-electron chi connectivity index (χ0n) is 10.8. The van der Waals surface area contributed by atoms with E-state index in [0.717, 1.165) is 5.56 Å². The molecule has 0 spiro atoms. The van der Waals surface area contributed by atoms with Crippen LogP contribution in [0.5, 0.6) is 5.75 Å². The van der Waals surface area contributed by atoms with Gasteiger partial charge in [-0.2, -0.15) is 0 Å². The van der Waals surface area contributed by atoms with Gasteiger partial charge < -0.3 is 10.1 Å². The Morgan fingerprint density at radius 3 is 2.55 bits per heavy atom. The molecule has 1 N–H and O–H groups in total. The maximum atomic E-state index is 13.3. The summed E-state index contributed by atoms with van der Waals surface area (Å²) < 4.78 is 18.1. The van der Waals surface area contributed by atoms with Gasteiger partial charge in [-0.1, -0.05) is 12.1 Å². The zero-order chi connectivity index (χ0) is 14.5. The topological polar surface area (TPSA) is 38.3 Å². The van der Waals surface area contributed by atoms with E-state index in [4.69, 9.17) is 16.3 Å². The van der Waals surface area contributed by atoms with E-state index in [0.29, 0.717) is 17.1 Å². The zero-order valence-corrected chi connectivity index (χ0v) is 11.6. The van der Waals surface area contributed by atoms with Crippen LogP contribution in [0.3, 0.4) is 0 Å². The van der Waals surface area contributed by atoms with Crippen LogP contribution in [0.2, 0.25) is 0 Å². The highest BCUT2D eigenvalue weighted by molar-refractivity contribution is 6.17. The van der Waals surface area contributed by atoms with Crippen molar-refractivity contribution in [3.63, 3.8) is 0 Å². The fourth-order valence-corrected chi connectivity index (χ4v) is 1.86. The van der Waals surface area contributed by atoms with Crippen molar-refractivity contribution in [1.82, 2.24) is 0 Å². The second-order valence-corrected chi connectivity index (χ2v) is 4.40. The lowest BCUT2D eigenvalue weighted by molar-refractivity contribution is 0.102. The molecule has 2 aromatic carbocycles. The number of carbonyl (C=O) groups is 1. The van der Waals surface area contributed by atoms with Crippen molar-refractivity contribution < 1.29 is 13.9 Å². The first-order valence-corrected chi connectivity index (χ1v) is 6.47. The summed E-state index contributed by atoms with van der Waals surface area (Å²) in [6, 6.07) is 11.1. The van der Waals surface area contributed by atoms with Crippen LogP contribution in [-0.4, -0.2) is 13.0 Å². The Morgan fingerprint density at radius 2 is 1.95 bits per heavy atom. The van der Waals surface area contributed by atoms with Gasteiger partial charge in [0, 0.05) is 17.1 Å². The van der Waals surface area contributed by atoms with Gasteiger partial charge >= 0.3 is 0 Å². The largest absolute Gasteiger partial charge is 0.494 e. The molecule has 0 aromatic heterocycles. The van der Waals surface area contributed by atoms with Crippen LogP contribution in [0.25, 0.3) is 0 Å². The van der Waals surface area contributed by atoms with Gasteiger partial charge in [0.1, 0.15) is 0 Å². The number of rotatable bonds is 4. The van der Waals surface area contributed by atoms with E-state index in [1.54, 1.807) is 12.1 Å². The molecule has 3 nitrogen and oxygen atoms in total. The summed E-state index contributed by atoms with van der Waals surface area (Å²) in [5, 5.41) is 2.72. The van der Waals surface area contributed by atoms with E-state index in [1.807, 2.05) is 12.1 Å². The first kappa shape index (κ1) is 14.3. The Morgan fingerprint density at radius 1 is 1.25 bits per heavy atom. The van der Waals surface area contributed by atoms with Gasteiger partial charge in [0.2, 0.25) is 0 Å². The van der Waals surface area contributed by atoms with Crippen molar-refractivity contribution in [3.8, 4) is 5.75 Å². The van der Waals surface area contributed by atoms with Crippen LogP contribution in [-0.2, 0) is 5.88 Å². The summed E-state index contributed by atoms with van der Waals surface area (Å²) in [7, 11) is 1.35. The van der Waals surface area contributed by atoms with Gasteiger partial charge in [0.05, 0.1) is 7.11 Å². The summed E-state index contributed by atoms with van der Waals surface area (Å²) in [6.07, 6.45) is 0. The molecule has 0 aliphatic rings. The number of ether oxygens (including phenoxy) is 1. The van der Waals surface area contributed by atoms with E-state index in [1.165, 1.54) is 25.3 Å². The standard InChI is InChI=1S/C15H13ClFNO2/c1-20-14-8-11(4-7-13(14)17)15(19)18-12-5-2-10(9-16)3-6-12/h2-8H,9H2,1H3,(H,18,19). The number of amides is 1. The maximum Gasteiger partial charge on any atom is 0.255 e. The Hall–Kier alpha value is -2.07. The van der Waals surface area contributed by atoms with Crippen LogP contribution in [0, 0.1) is 5.82 Å². The molecule has 0 aliphatic carbocycles. The molecule has 0 unspecified atom stereocenters.